The van der Waals surface area contributed by atoms with Crippen molar-refractivity contribution in [1.29, 1.82) is 0 Å². The van der Waals surface area contributed by atoms with Crippen molar-refractivity contribution in [3.63, 3.8) is 0 Å². The van der Waals surface area contributed by atoms with Crippen LogP contribution in [0.2, 0.25) is 0 Å². The normalized spacial score (nSPS) is 11.3. The molecule has 0 spiro atoms. The van der Waals surface area contributed by atoms with Gasteiger partial charge >= 0.3 is 12.0 Å². The zero-order valence-electron chi connectivity index (χ0n) is 23.0. The first-order valence-electron chi connectivity index (χ1n) is 13.5. The lowest BCUT2D eigenvalue weighted by Crippen LogP contribution is -2.38. The van der Waals surface area contributed by atoms with Crippen molar-refractivity contribution < 1.29 is 23.6 Å². The summed E-state index contributed by atoms with van der Waals surface area (Å²) in [6.45, 7) is 5.46. The fourth-order valence-corrected chi connectivity index (χ4v) is 4.38. The van der Waals surface area contributed by atoms with E-state index in [1.807, 2.05) is 78.5 Å². The van der Waals surface area contributed by atoms with Gasteiger partial charge in [-0.2, -0.15) is 0 Å². The van der Waals surface area contributed by atoms with Crippen molar-refractivity contribution in [2.75, 3.05) is 18.5 Å². The van der Waals surface area contributed by atoms with Gasteiger partial charge in [-0.1, -0.05) is 61.5 Å². The number of benzene rings is 3. The smallest absolute Gasteiger partial charge is 0.319 e. The minimum Gasteiger partial charge on any atom is -0.493 e. The highest BCUT2D eigenvalue weighted by Crippen LogP contribution is 2.24. The van der Waals surface area contributed by atoms with Crippen molar-refractivity contribution in [2.24, 2.45) is 5.92 Å². The highest BCUT2D eigenvalue weighted by atomic mass is 16.5. The fourth-order valence-electron chi connectivity index (χ4n) is 4.38. The van der Waals surface area contributed by atoms with E-state index in [0.717, 1.165) is 17.7 Å². The summed E-state index contributed by atoms with van der Waals surface area (Å²) in [5.41, 5.74) is 5.31. The Balaban J connectivity index is 1.21. The number of ether oxygens (including phenoxy) is 2. The van der Waals surface area contributed by atoms with E-state index < -0.39 is 0 Å². The molecule has 0 aliphatic rings. The summed E-state index contributed by atoms with van der Waals surface area (Å²) in [4.78, 5) is 23.5. The molecule has 3 aromatic carbocycles. The molecular weight excluding hydrogens is 502 g/mol. The summed E-state index contributed by atoms with van der Waals surface area (Å²) in [6.07, 6.45) is 4.73. The highest BCUT2D eigenvalue weighted by Gasteiger charge is 2.12. The number of hydrogen-bond donors (Lipinski definition) is 2. The molecule has 0 fully saturated rings. The molecule has 0 saturated carbocycles. The molecule has 7 heteroatoms. The summed E-state index contributed by atoms with van der Waals surface area (Å²) >= 11 is 0. The zero-order valence-corrected chi connectivity index (χ0v) is 23.0. The Bertz CT molecular complexity index is 1390. The van der Waals surface area contributed by atoms with Gasteiger partial charge in [0.2, 0.25) is 0 Å². The summed E-state index contributed by atoms with van der Waals surface area (Å²) < 4.78 is 13.1. The van der Waals surface area contributed by atoms with Crippen LogP contribution in [0.4, 0.5) is 10.5 Å². The molecular formula is C33H36N3O4+. The molecule has 2 amide bonds. The highest BCUT2D eigenvalue weighted by molar-refractivity contribution is 5.89. The lowest BCUT2D eigenvalue weighted by molar-refractivity contribution is -0.703. The van der Waals surface area contributed by atoms with E-state index in [4.69, 9.17) is 9.47 Å². The molecule has 0 bridgehead atoms. The number of rotatable bonds is 12. The molecule has 40 heavy (non-hydrogen) atoms. The minimum absolute atomic E-state index is 0.178. The summed E-state index contributed by atoms with van der Waals surface area (Å²) in [6, 6.07) is 29.7. The van der Waals surface area contributed by atoms with Crippen LogP contribution < -0.4 is 19.9 Å². The molecule has 4 rings (SSSR count). The van der Waals surface area contributed by atoms with Crippen LogP contribution in [0.1, 0.15) is 25.0 Å². The van der Waals surface area contributed by atoms with Crippen LogP contribution in [-0.4, -0.2) is 25.2 Å². The van der Waals surface area contributed by atoms with E-state index in [0.29, 0.717) is 32.0 Å². The maximum absolute atomic E-state index is 12.5. The van der Waals surface area contributed by atoms with E-state index in [9.17, 15) is 9.59 Å². The first kappa shape index (κ1) is 28.4. The maximum Gasteiger partial charge on any atom is 0.319 e. The molecule has 1 unspecified atom stereocenters. The molecule has 0 saturated heterocycles. The molecule has 4 aromatic rings. The lowest BCUT2D eigenvalue weighted by atomic mass is 9.98. The van der Waals surface area contributed by atoms with E-state index in [2.05, 4.69) is 47.0 Å². The van der Waals surface area contributed by atoms with Gasteiger partial charge in [0.1, 0.15) is 5.75 Å². The Hall–Kier alpha value is -4.65. The van der Waals surface area contributed by atoms with Gasteiger partial charge < -0.3 is 20.1 Å². The monoisotopic (exact) mass is 538 g/mol. The van der Waals surface area contributed by atoms with Crippen molar-refractivity contribution in [2.45, 2.75) is 33.4 Å². The quantitative estimate of drug-likeness (QED) is 0.177. The first-order valence-corrected chi connectivity index (χ1v) is 13.5. The van der Waals surface area contributed by atoms with Crippen LogP contribution in [0.15, 0.2) is 103 Å². The lowest BCUT2D eigenvalue weighted by Gasteiger charge is -2.12. The molecule has 1 aromatic heterocycles. The second-order valence-electron chi connectivity index (χ2n) is 9.77. The third-order valence-corrected chi connectivity index (χ3v) is 6.32. The SMILES string of the molecule is CC(=O)OCC(C)C[n+]1cccc(CNC(=O)Nc2ccc(OCCc3ccccc3-c3ccccc3)cc2)c1. The Morgan fingerprint density at radius 3 is 2.42 bits per heavy atom. The van der Waals surface area contributed by atoms with E-state index in [-0.39, 0.29) is 17.9 Å². The summed E-state index contributed by atoms with van der Waals surface area (Å²) in [5.74, 6) is 0.654. The van der Waals surface area contributed by atoms with E-state index in [1.54, 1.807) is 0 Å². The molecule has 206 valence electrons. The van der Waals surface area contributed by atoms with Crippen LogP contribution in [0, 0.1) is 5.92 Å². The number of anilines is 1. The summed E-state index contributed by atoms with van der Waals surface area (Å²) in [5, 5.41) is 5.75. The molecule has 0 aliphatic heterocycles. The van der Waals surface area contributed by atoms with Gasteiger partial charge in [-0.25, -0.2) is 9.36 Å². The number of nitrogens with zero attached hydrogens (tertiary/aromatic N) is 1. The number of carbonyl (C=O) groups excluding carboxylic acids is 2. The average Bonchev–Trinajstić information content (AvgIpc) is 2.97. The molecule has 1 atom stereocenters. The molecule has 2 N–H and O–H groups in total. The number of carbonyl (C=O) groups is 2. The van der Waals surface area contributed by atoms with Gasteiger partial charge in [-0.15, -0.1) is 0 Å². The van der Waals surface area contributed by atoms with Crippen molar-refractivity contribution in [3.8, 4) is 16.9 Å². The van der Waals surface area contributed by atoms with Crippen LogP contribution in [0.3, 0.4) is 0 Å². The topological polar surface area (TPSA) is 80.5 Å². The minimum atomic E-state index is -0.287. The van der Waals surface area contributed by atoms with E-state index in [1.165, 1.54) is 23.6 Å². The number of aromatic nitrogens is 1. The zero-order chi connectivity index (χ0) is 28.2. The van der Waals surface area contributed by atoms with Gasteiger partial charge in [-0.05, 0) is 47.0 Å². The van der Waals surface area contributed by atoms with Crippen LogP contribution in [0.5, 0.6) is 5.75 Å². The Morgan fingerprint density at radius 2 is 1.65 bits per heavy atom. The largest absolute Gasteiger partial charge is 0.493 e. The Labute approximate surface area is 235 Å². The standard InChI is InChI=1S/C33H35N3O4/c1-25(24-40-26(2)37)22-36-19-8-9-27(23-36)21-34-33(38)35-30-14-16-31(17-15-30)39-20-18-29-12-6-7-13-32(29)28-10-4-3-5-11-28/h3-17,19,23,25H,18,20-22,24H2,1-2H3,(H-,34,35,38)/p+1. The fraction of sp³-hybridized carbons (Fsp3) is 0.242. The molecule has 0 aliphatic carbocycles. The summed E-state index contributed by atoms with van der Waals surface area (Å²) in [7, 11) is 0. The predicted octanol–water partition coefficient (Wildman–Crippen LogP) is 5.78. The Kier molecular flexibility index (Phi) is 10.3. The maximum atomic E-state index is 12.5. The molecule has 1 heterocycles. The van der Waals surface area contributed by atoms with Gasteiger partial charge in [0, 0.05) is 36.6 Å². The number of hydrogen-bond acceptors (Lipinski definition) is 4. The Morgan fingerprint density at radius 1 is 0.900 bits per heavy atom. The molecule has 7 nitrogen and oxygen atoms in total. The van der Waals surface area contributed by atoms with Gasteiger partial charge in [0.05, 0.1) is 19.8 Å². The average molecular weight is 539 g/mol. The molecule has 0 radical (unpaired) electrons. The van der Waals surface area contributed by atoms with Gasteiger partial charge in [0.25, 0.3) is 0 Å². The van der Waals surface area contributed by atoms with Crippen LogP contribution >= 0.6 is 0 Å². The second kappa shape index (κ2) is 14.5. The predicted molar refractivity (Wildman–Crippen MR) is 156 cm³/mol. The van der Waals surface area contributed by atoms with E-state index >= 15 is 0 Å². The number of esters is 1. The second-order valence-corrected chi connectivity index (χ2v) is 9.77. The third kappa shape index (κ3) is 8.98. The van der Waals surface area contributed by atoms with Crippen molar-refractivity contribution in [1.82, 2.24) is 5.32 Å². The first-order chi connectivity index (χ1) is 19.5. The van der Waals surface area contributed by atoms with Gasteiger partial charge in [0.15, 0.2) is 18.9 Å². The van der Waals surface area contributed by atoms with Crippen molar-refractivity contribution >= 4 is 17.7 Å². The van der Waals surface area contributed by atoms with Gasteiger partial charge in [-0.3, -0.25) is 4.79 Å². The van der Waals surface area contributed by atoms with Crippen LogP contribution in [-0.2, 0) is 29.0 Å². The third-order valence-electron chi connectivity index (χ3n) is 6.32. The number of nitrogens with one attached hydrogen (secondary N) is 2. The number of pyridine rings is 1. The number of amides is 2. The van der Waals surface area contributed by atoms with Crippen LogP contribution in [0.25, 0.3) is 11.1 Å². The van der Waals surface area contributed by atoms with Crippen molar-refractivity contribution in [3.05, 3.63) is 115 Å². The number of urea groups is 1.